The van der Waals surface area contributed by atoms with Crippen molar-refractivity contribution in [2.75, 3.05) is 18.5 Å². The van der Waals surface area contributed by atoms with Crippen LogP contribution in [0.3, 0.4) is 0 Å². The highest BCUT2D eigenvalue weighted by Crippen LogP contribution is 2.32. The molecule has 1 atom stereocenters. The van der Waals surface area contributed by atoms with Gasteiger partial charge in [-0.15, -0.1) is 5.10 Å². The normalized spacial score (nSPS) is 18.5. The number of aromatic nitrogens is 8. The van der Waals surface area contributed by atoms with Crippen LogP contribution in [-0.2, 0) is 17.8 Å². The average Bonchev–Trinajstić information content (AvgIpc) is 3.13. The smallest absolute Gasteiger partial charge is 0.179 e. The lowest BCUT2D eigenvalue weighted by atomic mass is 10.0. The molecule has 0 aromatic carbocycles. The number of imidazole rings is 1. The van der Waals surface area contributed by atoms with Gasteiger partial charge in [0.05, 0.1) is 30.1 Å². The zero-order valence-electron chi connectivity index (χ0n) is 18.3. The molecule has 31 heavy (non-hydrogen) atoms. The highest BCUT2D eigenvalue weighted by Gasteiger charge is 2.29. The molecule has 5 rings (SSSR count). The second kappa shape index (κ2) is 8.78. The van der Waals surface area contributed by atoms with Crippen molar-refractivity contribution < 1.29 is 4.74 Å². The molecule has 2 aliphatic rings. The fourth-order valence-electron chi connectivity index (χ4n) is 4.23. The molecule has 1 unspecified atom stereocenters. The van der Waals surface area contributed by atoms with Crippen LogP contribution in [0, 0.1) is 11.8 Å². The van der Waals surface area contributed by atoms with Gasteiger partial charge in [0.25, 0.3) is 0 Å². The standard InChI is InChI=1S/C21H31N9O/c1-15(2)29-14-22-10-19(29)20(21-25-26-27-30(21)12-16-3-4-16)24-18-9-23-28(13-18)11-17-5-7-31-8-6-17/h9-10,13-17,20,24H,3-8,11-12H2,1-2H3. The molecule has 0 radical (unpaired) electrons. The number of tetrazole rings is 1. The highest BCUT2D eigenvalue weighted by molar-refractivity contribution is 5.43. The second-order valence-electron chi connectivity index (χ2n) is 9.07. The van der Waals surface area contributed by atoms with E-state index in [1.165, 1.54) is 12.8 Å². The van der Waals surface area contributed by atoms with Crippen LogP contribution in [0.4, 0.5) is 5.69 Å². The molecule has 2 fully saturated rings. The first-order valence-electron chi connectivity index (χ1n) is 11.3. The number of nitrogens with one attached hydrogen (secondary N) is 1. The second-order valence-corrected chi connectivity index (χ2v) is 9.07. The van der Waals surface area contributed by atoms with Gasteiger partial charge in [-0.1, -0.05) is 0 Å². The Morgan fingerprint density at radius 1 is 1.10 bits per heavy atom. The fraction of sp³-hybridized carbons (Fsp3) is 0.667. The van der Waals surface area contributed by atoms with Gasteiger partial charge in [-0.3, -0.25) is 4.68 Å². The molecular weight excluding hydrogens is 394 g/mol. The molecule has 10 heteroatoms. The number of rotatable bonds is 9. The molecule has 3 aromatic rings. The summed E-state index contributed by atoms with van der Waals surface area (Å²) in [6, 6.07) is 0.0742. The van der Waals surface area contributed by atoms with Crippen molar-refractivity contribution in [1.29, 1.82) is 0 Å². The van der Waals surface area contributed by atoms with E-state index in [0.717, 1.165) is 56.4 Å². The number of anilines is 1. The molecule has 1 aliphatic carbocycles. The number of hydrogen-bond acceptors (Lipinski definition) is 7. The van der Waals surface area contributed by atoms with E-state index in [-0.39, 0.29) is 12.1 Å². The molecule has 0 amide bonds. The Morgan fingerprint density at radius 3 is 2.68 bits per heavy atom. The molecule has 10 nitrogen and oxygen atoms in total. The minimum absolute atomic E-state index is 0.209. The van der Waals surface area contributed by atoms with E-state index < -0.39 is 0 Å². The minimum atomic E-state index is -0.209. The highest BCUT2D eigenvalue weighted by atomic mass is 16.5. The van der Waals surface area contributed by atoms with E-state index in [9.17, 15) is 0 Å². The van der Waals surface area contributed by atoms with E-state index in [1.807, 2.05) is 28.1 Å². The zero-order chi connectivity index (χ0) is 21.2. The van der Waals surface area contributed by atoms with Crippen LogP contribution >= 0.6 is 0 Å². The SMILES string of the molecule is CC(C)n1cncc1C(Nc1cnn(CC2CCOCC2)c1)c1nnnn1CC1CC1. The van der Waals surface area contributed by atoms with E-state index >= 15 is 0 Å². The van der Waals surface area contributed by atoms with Crippen LogP contribution in [0.2, 0.25) is 0 Å². The molecule has 1 N–H and O–H groups in total. The quantitative estimate of drug-likeness (QED) is 0.562. The molecule has 0 bridgehead atoms. The van der Waals surface area contributed by atoms with Crippen LogP contribution in [0.25, 0.3) is 0 Å². The van der Waals surface area contributed by atoms with E-state index in [2.05, 4.69) is 55.5 Å². The average molecular weight is 426 g/mol. The van der Waals surface area contributed by atoms with Gasteiger partial charge in [-0.2, -0.15) is 5.10 Å². The van der Waals surface area contributed by atoms with Gasteiger partial charge in [-0.05, 0) is 61.8 Å². The van der Waals surface area contributed by atoms with Gasteiger partial charge >= 0.3 is 0 Å². The summed E-state index contributed by atoms with van der Waals surface area (Å²) in [4.78, 5) is 4.41. The lowest BCUT2D eigenvalue weighted by Crippen LogP contribution is -2.22. The Morgan fingerprint density at radius 2 is 1.90 bits per heavy atom. The van der Waals surface area contributed by atoms with Crippen molar-refractivity contribution in [3.8, 4) is 0 Å². The van der Waals surface area contributed by atoms with E-state index in [4.69, 9.17) is 4.74 Å². The van der Waals surface area contributed by atoms with Gasteiger partial charge < -0.3 is 14.6 Å². The van der Waals surface area contributed by atoms with Crippen molar-refractivity contribution >= 4 is 5.69 Å². The molecule has 166 valence electrons. The lowest BCUT2D eigenvalue weighted by Gasteiger charge is -2.22. The molecule has 1 aliphatic heterocycles. The Balaban J connectivity index is 1.40. The third-order valence-corrected chi connectivity index (χ3v) is 6.22. The van der Waals surface area contributed by atoms with Gasteiger partial charge in [0.2, 0.25) is 0 Å². The zero-order valence-corrected chi connectivity index (χ0v) is 18.3. The third kappa shape index (κ3) is 4.63. The summed E-state index contributed by atoms with van der Waals surface area (Å²) < 4.78 is 11.6. The first-order valence-corrected chi connectivity index (χ1v) is 11.3. The van der Waals surface area contributed by atoms with Crippen molar-refractivity contribution in [3.05, 3.63) is 36.4 Å². The monoisotopic (exact) mass is 425 g/mol. The maximum absolute atomic E-state index is 5.48. The molecule has 1 saturated carbocycles. The number of ether oxygens (including phenoxy) is 1. The Hall–Kier alpha value is -2.75. The minimum Gasteiger partial charge on any atom is -0.381 e. The summed E-state index contributed by atoms with van der Waals surface area (Å²) in [5, 5.41) is 20.9. The Kier molecular flexibility index (Phi) is 5.71. The Labute approximate surface area is 182 Å². The molecular formula is C21H31N9O. The van der Waals surface area contributed by atoms with Crippen LogP contribution < -0.4 is 5.32 Å². The van der Waals surface area contributed by atoms with Crippen molar-refractivity contribution in [3.63, 3.8) is 0 Å². The maximum atomic E-state index is 5.48. The van der Waals surface area contributed by atoms with Crippen molar-refractivity contribution in [2.24, 2.45) is 11.8 Å². The number of hydrogen-bond donors (Lipinski definition) is 1. The Bertz CT molecular complexity index is 981. The van der Waals surface area contributed by atoms with Crippen LogP contribution in [-0.4, -0.2) is 52.8 Å². The summed E-state index contributed by atoms with van der Waals surface area (Å²) in [7, 11) is 0. The molecule has 0 spiro atoms. The van der Waals surface area contributed by atoms with Gasteiger partial charge in [0.1, 0.15) is 6.04 Å². The topological polar surface area (TPSA) is 100 Å². The first-order chi connectivity index (χ1) is 15.2. The largest absolute Gasteiger partial charge is 0.381 e. The van der Waals surface area contributed by atoms with Gasteiger partial charge in [0.15, 0.2) is 5.82 Å². The third-order valence-electron chi connectivity index (χ3n) is 6.22. The molecule has 4 heterocycles. The van der Waals surface area contributed by atoms with Crippen molar-refractivity contribution in [2.45, 2.75) is 64.7 Å². The van der Waals surface area contributed by atoms with Crippen molar-refractivity contribution in [1.82, 2.24) is 39.5 Å². The predicted octanol–water partition coefficient (Wildman–Crippen LogP) is 2.69. The summed E-state index contributed by atoms with van der Waals surface area (Å²) in [6.45, 7) is 7.78. The molecule has 3 aromatic heterocycles. The first kappa shape index (κ1) is 20.2. The summed E-state index contributed by atoms with van der Waals surface area (Å²) in [6.07, 6.45) is 12.4. The van der Waals surface area contributed by atoms with Gasteiger partial charge in [0, 0.05) is 38.5 Å². The van der Waals surface area contributed by atoms with E-state index in [0.29, 0.717) is 11.8 Å². The van der Waals surface area contributed by atoms with Crippen LogP contribution in [0.5, 0.6) is 0 Å². The van der Waals surface area contributed by atoms with Crippen LogP contribution in [0.1, 0.15) is 63.1 Å². The number of nitrogens with zero attached hydrogens (tertiary/aromatic N) is 8. The summed E-state index contributed by atoms with van der Waals surface area (Å²) >= 11 is 0. The summed E-state index contributed by atoms with van der Waals surface area (Å²) in [5.41, 5.74) is 1.99. The van der Waals surface area contributed by atoms with Gasteiger partial charge in [-0.25, -0.2) is 9.67 Å². The predicted molar refractivity (Wildman–Crippen MR) is 114 cm³/mol. The lowest BCUT2D eigenvalue weighted by molar-refractivity contribution is 0.0601. The summed E-state index contributed by atoms with van der Waals surface area (Å²) in [5.74, 6) is 2.11. The molecule has 1 saturated heterocycles. The fourth-order valence-corrected chi connectivity index (χ4v) is 4.23. The maximum Gasteiger partial charge on any atom is 0.179 e. The van der Waals surface area contributed by atoms with E-state index in [1.54, 1.807) is 0 Å². The van der Waals surface area contributed by atoms with Crippen LogP contribution in [0.15, 0.2) is 24.9 Å².